The first kappa shape index (κ1) is 14.7. The Labute approximate surface area is 107 Å². The molecule has 0 aliphatic carbocycles. The van der Waals surface area contributed by atoms with Gasteiger partial charge in [0, 0.05) is 25.0 Å². The average molecular weight is 278 g/mol. The molecule has 7 heteroatoms. The molecule has 0 fully saturated rings. The molecule has 0 spiro atoms. The second-order valence-corrected chi connectivity index (χ2v) is 4.51. The second kappa shape index (κ2) is 6.53. The molecule has 100 valence electrons. The van der Waals surface area contributed by atoms with Crippen LogP contribution >= 0.6 is 11.8 Å². The zero-order chi connectivity index (χ0) is 13.6. The van der Waals surface area contributed by atoms with E-state index in [1.54, 1.807) is 31.3 Å². The number of amides is 1. The summed E-state index contributed by atoms with van der Waals surface area (Å²) in [5, 5.41) is 5.29. The van der Waals surface area contributed by atoms with E-state index in [0.717, 1.165) is 0 Å². The van der Waals surface area contributed by atoms with Crippen LogP contribution < -0.4 is 10.6 Å². The maximum Gasteiger partial charge on any atom is 0.441 e. The van der Waals surface area contributed by atoms with Crippen LogP contribution in [0.25, 0.3) is 0 Å². The minimum absolute atomic E-state index is 0.0267. The monoisotopic (exact) mass is 278 g/mol. The SMILES string of the molecule is CNc1ccccc1C(=O)NCCSC(F)(F)F. The van der Waals surface area contributed by atoms with Gasteiger partial charge in [0.2, 0.25) is 0 Å². The number of rotatable bonds is 5. The van der Waals surface area contributed by atoms with Crippen molar-refractivity contribution in [2.24, 2.45) is 0 Å². The minimum Gasteiger partial charge on any atom is -0.387 e. The molecule has 0 saturated heterocycles. The third-order valence-corrected chi connectivity index (χ3v) is 2.83. The Morgan fingerprint density at radius 3 is 2.61 bits per heavy atom. The molecule has 0 bridgehead atoms. The van der Waals surface area contributed by atoms with Gasteiger partial charge < -0.3 is 10.6 Å². The van der Waals surface area contributed by atoms with Crippen LogP contribution in [-0.4, -0.2) is 30.8 Å². The summed E-state index contributed by atoms with van der Waals surface area (Å²) >= 11 is -0.150. The fraction of sp³-hybridized carbons (Fsp3) is 0.364. The van der Waals surface area contributed by atoms with Crippen LogP contribution in [0.2, 0.25) is 0 Å². The summed E-state index contributed by atoms with van der Waals surface area (Å²) in [6, 6.07) is 6.79. The maximum atomic E-state index is 11.9. The summed E-state index contributed by atoms with van der Waals surface area (Å²) in [5.74, 6) is -0.584. The molecule has 0 atom stereocenters. The molecule has 18 heavy (non-hydrogen) atoms. The van der Waals surface area contributed by atoms with Crippen LogP contribution in [0.15, 0.2) is 24.3 Å². The number of nitrogens with one attached hydrogen (secondary N) is 2. The van der Waals surface area contributed by atoms with Gasteiger partial charge in [-0.3, -0.25) is 4.79 Å². The number of hydrogen-bond acceptors (Lipinski definition) is 3. The van der Waals surface area contributed by atoms with Gasteiger partial charge in [0.05, 0.1) is 5.56 Å². The second-order valence-electron chi connectivity index (χ2n) is 3.35. The third-order valence-electron chi connectivity index (χ3n) is 2.09. The molecule has 1 aromatic rings. The van der Waals surface area contributed by atoms with Crippen molar-refractivity contribution in [3.05, 3.63) is 29.8 Å². The van der Waals surface area contributed by atoms with E-state index in [-0.39, 0.29) is 30.0 Å². The molecule has 3 nitrogen and oxygen atoms in total. The van der Waals surface area contributed by atoms with E-state index in [1.165, 1.54) is 0 Å². The van der Waals surface area contributed by atoms with Crippen LogP contribution in [0, 0.1) is 0 Å². The van der Waals surface area contributed by atoms with E-state index in [4.69, 9.17) is 0 Å². The number of carbonyl (C=O) groups excluding carboxylic acids is 1. The van der Waals surface area contributed by atoms with Gasteiger partial charge >= 0.3 is 5.51 Å². The van der Waals surface area contributed by atoms with Gasteiger partial charge in [-0.05, 0) is 23.9 Å². The standard InChI is InChI=1S/C11H13F3N2OS/c1-15-9-5-3-2-4-8(9)10(17)16-6-7-18-11(12,13)14/h2-5,15H,6-7H2,1H3,(H,16,17). The van der Waals surface area contributed by atoms with Gasteiger partial charge in [-0.1, -0.05) is 12.1 Å². The van der Waals surface area contributed by atoms with E-state index >= 15 is 0 Å². The van der Waals surface area contributed by atoms with E-state index in [2.05, 4.69) is 10.6 Å². The van der Waals surface area contributed by atoms with Crippen molar-refractivity contribution in [3.8, 4) is 0 Å². The molecule has 0 unspecified atom stereocenters. The molecular weight excluding hydrogens is 265 g/mol. The van der Waals surface area contributed by atoms with Crippen LogP contribution in [-0.2, 0) is 0 Å². The Bertz CT molecular complexity index is 410. The zero-order valence-electron chi connectivity index (χ0n) is 9.67. The summed E-state index contributed by atoms with van der Waals surface area (Å²) in [6.07, 6.45) is 0. The lowest BCUT2D eigenvalue weighted by molar-refractivity contribution is -0.0327. The summed E-state index contributed by atoms with van der Waals surface area (Å²) < 4.78 is 35.6. The highest BCUT2D eigenvalue weighted by Gasteiger charge is 2.27. The van der Waals surface area contributed by atoms with Gasteiger partial charge in [-0.15, -0.1) is 0 Å². The quantitative estimate of drug-likeness (QED) is 0.814. The molecule has 1 amide bonds. The fourth-order valence-corrected chi connectivity index (χ4v) is 1.76. The number of alkyl halides is 3. The zero-order valence-corrected chi connectivity index (χ0v) is 10.5. The largest absolute Gasteiger partial charge is 0.441 e. The number of para-hydroxylation sites is 1. The van der Waals surface area contributed by atoms with E-state index in [0.29, 0.717) is 11.3 Å². The summed E-state index contributed by atoms with van der Waals surface area (Å²) in [5.41, 5.74) is -3.20. The normalized spacial score (nSPS) is 11.1. The van der Waals surface area contributed by atoms with E-state index in [9.17, 15) is 18.0 Å². The highest BCUT2D eigenvalue weighted by molar-refractivity contribution is 8.00. The summed E-state index contributed by atoms with van der Waals surface area (Å²) in [4.78, 5) is 11.7. The Balaban J connectivity index is 2.46. The minimum atomic E-state index is -4.26. The van der Waals surface area contributed by atoms with Crippen LogP contribution in [0.4, 0.5) is 18.9 Å². The lowest BCUT2D eigenvalue weighted by Gasteiger charge is -2.10. The maximum absolute atomic E-state index is 11.9. The molecular formula is C11H13F3N2OS. The predicted molar refractivity (Wildman–Crippen MR) is 66.8 cm³/mol. The highest BCUT2D eigenvalue weighted by Crippen LogP contribution is 2.29. The van der Waals surface area contributed by atoms with Gasteiger partial charge in [0.1, 0.15) is 0 Å². The van der Waals surface area contributed by atoms with Crippen LogP contribution in [0.3, 0.4) is 0 Å². The lowest BCUT2D eigenvalue weighted by atomic mass is 10.1. The molecule has 0 aromatic heterocycles. The first-order valence-corrected chi connectivity index (χ1v) is 6.18. The van der Waals surface area contributed by atoms with Crippen molar-refractivity contribution in [3.63, 3.8) is 0 Å². The van der Waals surface area contributed by atoms with Crippen molar-refractivity contribution in [2.75, 3.05) is 24.7 Å². The van der Waals surface area contributed by atoms with Gasteiger partial charge in [0.25, 0.3) is 5.91 Å². The Kier molecular flexibility index (Phi) is 5.33. The number of thioether (sulfide) groups is 1. The van der Waals surface area contributed by atoms with Crippen molar-refractivity contribution >= 4 is 23.4 Å². The number of hydrogen-bond donors (Lipinski definition) is 2. The Morgan fingerprint density at radius 2 is 2.00 bits per heavy atom. The molecule has 0 heterocycles. The number of carbonyl (C=O) groups is 1. The van der Waals surface area contributed by atoms with E-state index < -0.39 is 5.51 Å². The first-order valence-electron chi connectivity index (χ1n) is 5.19. The summed E-state index contributed by atoms with van der Waals surface area (Å²) in [6.45, 7) is -0.0267. The van der Waals surface area contributed by atoms with Gasteiger partial charge in [0.15, 0.2) is 0 Å². The van der Waals surface area contributed by atoms with Crippen molar-refractivity contribution < 1.29 is 18.0 Å². The molecule has 0 aliphatic rings. The number of halogens is 3. The summed E-state index contributed by atoms with van der Waals surface area (Å²) in [7, 11) is 1.67. The van der Waals surface area contributed by atoms with Crippen molar-refractivity contribution in [2.45, 2.75) is 5.51 Å². The Morgan fingerprint density at radius 1 is 1.33 bits per heavy atom. The number of anilines is 1. The average Bonchev–Trinajstić information content (AvgIpc) is 2.33. The van der Waals surface area contributed by atoms with Crippen LogP contribution in [0.1, 0.15) is 10.4 Å². The van der Waals surface area contributed by atoms with Crippen molar-refractivity contribution in [1.29, 1.82) is 0 Å². The molecule has 2 N–H and O–H groups in total. The smallest absolute Gasteiger partial charge is 0.387 e. The highest BCUT2D eigenvalue weighted by atomic mass is 32.2. The van der Waals surface area contributed by atoms with Gasteiger partial charge in [-0.2, -0.15) is 13.2 Å². The predicted octanol–water partition coefficient (Wildman–Crippen LogP) is 2.71. The van der Waals surface area contributed by atoms with Crippen LogP contribution in [0.5, 0.6) is 0 Å². The molecule has 0 radical (unpaired) electrons. The first-order chi connectivity index (χ1) is 8.44. The molecule has 0 saturated carbocycles. The van der Waals surface area contributed by atoms with E-state index in [1.807, 2.05) is 0 Å². The fourth-order valence-electron chi connectivity index (χ4n) is 1.33. The number of benzene rings is 1. The molecule has 0 aliphatic heterocycles. The lowest BCUT2D eigenvalue weighted by Crippen LogP contribution is -2.27. The molecule has 1 rings (SSSR count). The van der Waals surface area contributed by atoms with Crippen molar-refractivity contribution in [1.82, 2.24) is 5.32 Å². The van der Waals surface area contributed by atoms with Gasteiger partial charge in [-0.25, -0.2) is 0 Å². The Hall–Kier alpha value is -1.37. The molecule has 1 aromatic carbocycles. The topological polar surface area (TPSA) is 41.1 Å². The third kappa shape index (κ3) is 4.87.